The van der Waals surface area contributed by atoms with E-state index in [2.05, 4.69) is 13.8 Å². The second-order valence-electron chi connectivity index (χ2n) is 10.5. The van der Waals surface area contributed by atoms with Gasteiger partial charge in [0.25, 0.3) is 0 Å². The van der Waals surface area contributed by atoms with Crippen LogP contribution in [0.25, 0.3) is 0 Å². The van der Waals surface area contributed by atoms with Crippen LogP contribution in [0.2, 0.25) is 0 Å². The summed E-state index contributed by atoms with van der Waals surface area (Å²) >= 11 is 0. The number of carbonyl (C=O) groups is 2. The fraction of sp³-hybridized carbons (Fsp3) is 0.935. The molecule has 0 bridgehead atoms. The zero-order valence-electron chi connectivity index (χ0n) is 22.9. The molecular weight excluding hydrogens is 404 g/mol. The second kappa shape index (κ2) is 27.6. The molecule has 2 nitrogen and oxygen atoms in total. The van der Waals surface area contributed by atoms with Crippen molar-refractivity contribution in [3.63, 3.8) is 0 Å². The Labute approximate surface area is 208 Å². The van der Waals surface area contributed by atoms with Crippen molar-refractivity contribution in [1.82, 2.24) is 0 Å². The number of unbranched alkanes of at least 4 members (excludes halogenated alkanes) is 22. The number of hydrogen-bond acceptors (Lipinski definition) is 2. The molecule has 0 aromatic rings. The minimum atomic E-state index is 0.172. The van der Waals surface area contributed by atoms with Crippen LogP contribution in [0.3, 0.4) is 0 Å². The molecule has 0 rings (SSSR count). The Bertz CT molecular complexity index is 377. The molecule has 0 radical (unpaired) electrons. The summed E-state index contributed by atoms with van der Waals surface area (Å²) < 4.78 is 0. The molecule has 0 heterocycles. The Morgan fingerprint density at radius 2 is 0.545 bits per heavy atom. The highest BCUT2D eigenvalue weighted by atomic mass is 16.1. The predicted molar refractivity (Wildman–Crippen MR) is 146 cm³/mol. The first-order chi connectivity index (χ1) is 16.2. The standard InChI is InChI=1S/C31H60O2/c1-3-5-7-9-11-13-15-17-19-21-23-25-27-30(32)29-31(33)28-26-24-22-20-18-16-14-12-10-8-6-4-2/h3-29H2,1-2H3. The first kappa shape index (κ1) is 32.3. The third-order valence-corrected chi connectivity index (χ3v) is 7.01. The molecule has 33 heavy (non-hydrogen) atoms. The molecule has 2 heteroatoms. The number of hydrogen-bond donors (Lipinski definition) is 0. The van der Waals surface area contributed by atoms with Crippen LogP contribution < -0.4 is 0 Å². The second-order valence-corrected chi connectivity index (χ2v) is 10.5. The van der Waals surface area contributed by atoms with Gasteiger partial charge >= 0.3 is 0 Å². The average molecular weight is 465 g/mol. The van der Waals surface area contributed by atoms with Gasteiger partial charge in [-0.3, -0.25) is 9.59 Å². The van der Waals surface area contributed by atoms with Crippen molar-refractivity contribution in [3.05, 3.63) is 0 Å². The largest absolute Gasteiger partial charge is 0.299 e. The minimum absolute atomic E-state index is 0.172. The molecule has 0 spiro atoms. The van der Waals surface area contributed by atoms with Crippen LogP contribution >= 0.6 is 0 Å². The third kappa shape index (κ3) is 27.5. The summed E-state index contributed by atoms with van der Waals surface area (Å²) in [5.74, 6) is 0.344. The van der Waals surface area contributed by atoms with Crippen molar-refractivity contribution in [2.45, 2.75) is 187 Å². The van der Waals surface area contributed by atoms with E-state index in [0.29, 0.717) is 12.8 Å². The first-order valence-corrected chi connectivity index (χ1v) is 15.2. The van der Waals surface area contributed by atoms with Crippen molar-refractivity contribution < 1.29 is 9.59 Å². The molecule has 0 aliphatic heterocycles. The van der Waals surface area contributed by atoms with Crippen molar-refractivity contribution in [1.29, 1.82) is 0 Å². The average Bonchev–Trinajstić information content (AvgIpc) is 2.80. The van der Waals surface area contributed by atoms with Crippen LogP contribution in [0, 0.1) is 0 Å². The van der Waals surface area contributed by atoms with Crippen molar-refractivity contribution in [2.24, 2.45) is 0 Å². The lowest BCUT2D eigenvalue weighted by atomic mass is 10.0. The lowest BCUT2D eigenvalue weighted by Crippen LogP contribution is -2.07. The van der Waals surface area contributed by atoms with Crippen LogP contribution in [0.1, 0.15) is 187 Å². The zero-order chi connectivity index (χ0) is 24.2. The Morgan fingerprint density at radius 3 is 0.788 bits per heavy atom. The van der Waals surface area contributed by atoms with Gasteiger partial charge < -0.3 is 0 Å². The molecule has 0 saturated heterocycles. The van der Waals surface area contributed by atoms with E-state index < -0.39 is 0 Å². The molecule has 0 aliphatic carbocycles. The highest BCUT2D eigenvalue weighted by molar-refractivity contribution is 5.98. The summed E-state index contributed by atoms with van der Waals surface area (Å²) in [6.45, 7) is 4.54. The van der Waals surface area contributed by atoms with Crippen LogP contribution in [-0.4, -0.2) is 11.6 Å². The number of Topliss-reactive ketones (excluding diaryl/α,β-unsaturated/α-hetero) is 2. The predicted octanol–water partition coefficient (Wildman–Crippen LogP) is 10.7. The van der Waals surface area contributed by atoms with Gasteiger partial charge in [-0.2, -0.15) is 0 Å². The summed E-state index contributed by atoms with van der Waals surface area (Å²) in [5, 5.41) is 0. The Balaban J connectivity index is 3.30. The minimum Gasteiger partial charge on any atom is -0.299 e. The molecule has 0 aliphatic rings. The van der Waals surface area contributed by atoms with Crippen LogP contribution in [0.4, 0.5) is 0 Å². The zero-order valence-corrected chi connectivity index (χ0v) is 22.9. The Morgan fingerprint density at radius 1 is 0.333 bits per heavy atom. The van der Waals surface area contributed by atoms with Gasteiger partial charge in [0.15, 0.2) is 0 Å². The SMILES string of the molecule is CCCCCCCCCCCCCCC(=O)CC(=O)CCCCCCCCCCCCCC. The van der Waals surface area contributed by atoms with E-state index in [1.54, 1.807) is 0 Å². The quantitative estimate of drug-likeness (QED) is 0.0852. The molecule has 0 saturated carbocycles. The van der Waals surface area contributed by atoms with Crippen molar-refractivity contribution >= 4 is 11.6 Å². The normalized spacial score (nSPS) is 11.2. The summed E-state index contributed by atoms with van der Waals surface area (Å²) in [7, 11) is 0. The van der Waals surface area contributed by atoms with E-state index in [9.17, 15) is 9.59 Å². The van der Waals surface area contributed by atoms with E-state index in [0.717, 1.165) is 25.7 Å². The third-order valence-electron chi connectivity index (χ3n) is 7.01. The fourth-order valence-electron chi connectivity index (χ4n) is 4.72. The molecule has 0 atom stereocenters. The van der Waals surface area contributed by atoms with E-state index in [1.807, 2.05) is 0 Å². The van der Waals surface area contributed by atoms with Gasteiger partial charge in [-0.1, -0.05) is 155 Å². The van der Waals surface area contributed by atoms with Crippen LogP contribution in [0.15, 0.2) is 0 Å². The number of rotatable bonds is 28. The highest BCUT2D eigenvalue weighted by Gasteiger charge is 2.09. The van der Waals surface area contributed by atoms with Gasteiger partial charge in [-0.15, -0.1) is 0 Å². The molecule has 0 unspecified atom stereocenters. The van der Waals surface area contributed by atoms with Gasteiger partial charge in [0.2, 0.25) is 0 Å². The lowest BCUT2D eigenvalue weighted by molar-refractivity contribution is -0.127. The van der Waals surface area contributed by atoms with Gasteiger partial charge in [-0.25, -0.2) is 0 Å². The molecular formula is C31H60O2. The van der Waals surface area contributed by atoms with Gasteiger partial charge in [0, 0.05) is 12.8 Å². The molecule has 0 aromatic carbocycles. The lowest BCUT2D eigenvalue weighted by Gasteiger charge is -2.04. The van der Waals surface area contributed by atoms with Gasteiger partial charge in [0.05, 0.1) is 6.42 Å². The maximum absolute atomic E-state index is 12.0. The Hall–Kier alpha value is -0.660. The summed E-state index contributed by atoms with van der Waals surface area (Å²) in [6, 6.07) is 0. The van der Waals surface area contributed by atoms with Crippen LogP contribution in [-0.2, 0) is 9.59 Å². The van der Waals surface area contributed by atoms with Crippen LogP contribution in [0.5, 0.6) is 0 Å². The first-order valence-electron chi connectivity index (χ1n) is 15.2. The van der Waals surface area contributed by atoms with Gasteiger partial charge in [0.1, 0.15) is 11.6 Å². The van der Waals surface area contributed by atoms with E-state index in [1.165, 1.54) is 128 Å². The maximum Gasteiger partial charge on any atom is 0.140 e. The monoisotopic (exact) mass is 464 g/mol. The topological polar surface area (TPSA) is 34.1 Å². The summed E-state index contributed by atoms with van der Waals surface area (Å²) in [4.78, 5) is 24.1. The van der Waals surface area contributed by atoms with Crippen molar-refractivity contribution in [2.75, 3.05) is 0 Å². The molecule has 0 fully saturated rings. The fourth-order valence-corrected chi connectivity index (χ4v) is 4.72. The van der Waals surface area contributed by atoms with E-state index in [4.69, 9.17) is 0 Å². The molecule has 0 N–H and O–H groups in total. The number of ketones is 2. The summed E-state index contributed by atoms with van der Waals surface area (Å²) in [5.41, 5.74) is 0. The molecule has 0 amide bonds. The van der Waals surface area contributed by atoms with Crippen molar-refractivity contribution in [3.8, 4) is 0 Å². The highest BCUT2D eigenvalue weighted by Crippen LogP contribution is 2.14. The Kier molecular flexibility index (Phi) is 27.0. The van der Waals surface area contributed by atoms with Gasteiger partial charge in [-0.05, 0) is 12.8 Å². The van der Waals surface area contributed by atoms with E-state index in [-0.39, 0.29) is 18.0 Å². The molecule has 0 aromatic heterocycles. The maximum atomic E-state index is 12.0. The van der Waals surface area contributed by atoms with E-state index >= 15 is 0 Å². The number of carbonyl (C=O) groups excluding carboxylic acids is 2. The molecule has 196 valence electrons. The summed E-state index contributed by atoms with van der Waals surface area (Å²) in [6.07, 6.45) is 32.9. The smallest absolute Gasteiger partial charge is 0.140 e.